The summed E-state index contributed by atoms with van der Waals surface area (Å²) in [6.07, 6.45) is 1.63. The second kappa shape index (κ2) is 4.40. The number of fused-ring (bicyclic) bond motifs is 3. The molecule has 0 aliphatic heterocycles. The van der Waals surface area contributed by atoms with Gasteiger partial charge in [-0.25, -0.2) is 0 Å². The molecule has 0 saturated heterocycles. The van der Waals surface area contributed by atoms with Crippen molar-refractivity contribution in [2.45, 2.75) is 20.4 Å². The normalized spacial score (nSPS) is 11.3. The van der Waals surface area contributed by atoms with E-state index in [0.717, 1.165) is 16.6 Å². The summed E-state index contributed by atoms with van der Waals surface area (Å²) in [5, 5.41) is 0.546. The van der Waals surface area contributed by atoms with Crippen molar-refractivity contribution < 1.29 is 4.79 Å². The fraction of sp³-hybridized carbons (Fsp3) is 0.231. The zero-order valence-corrected chi connectivity index (χ0v) is 12.2. The SMILES string of the molecule is CCn1cc(C(C)=O)c(=O)c2ccc3n[se]nc3c21. The van der Waals surface area contributed by atoms with E-state index in [0.29, 0.717) is 11.9 Å². The molecule has 0 aliphatic rings. The molecule has 0 unspecified atom stereocenters. The molecule has 96 valence electrons. The Morgan fingerprint density at radius 2 is 2.16 bits per heavy atom. The number of rotatable bonds is 2. The quantitative estimate of drug-likeness (QED) is 0.526. The fourth-order valence-corrected chi connectivity index (χ4v) is 3.36. The van der Waals surface area contributed by atoms with Crippen molar-refractivity contribution in [1.29, 1.82) is 0 Å². The van der Waals surface area contributed by atoms with Crippen LogP contribution in [0.25, 0.3) is 21.9 Å². The van der Waals surface area contributed by atoms with Gasteiger partial charge in [0.05, 0.1) is 0 Å². The number of pyridine rings is 1. The van der Waals surface area contributed by atoms with E-state index < -0.39 is 0 Å². The first-order valence-electron chi connectivity index (χ1n) is 5.93. The van der Waals surface area contributed by atoms with E-state index in [4.69, 9.17) is 0 Å². The van der Waals surface area contributed by atoms with Crippen molar-refractivity contribution in [3.8, 4) is 0 Å². The molecule has 2 aromatic heterocycles. The first-order valence-corrected chi connectivity index (χ1v) is 7.46. The summed E-state index contributed by atoms with van der Waals surface area (Å²) in [7, 11) is 0. The summed E-state index contributed by atoms with van der Waals surface area (Å²) in [5.74, 6) is -0.208. The molecule has 0 saturated carbocycles. The second-order valence-electron chi connectivity index (χ2n) is 4.31. The summed E-state index contributed by atoms with van der Waals surface area (Å²) in [6.45, 7) is 4.07. The van der Waals surface area contributed by atoms with Crippen LogP contribution in [0.3, 0.4) is 0 Å². The van der Waals surface area contributed by atoms with Gasteiger partial charge in [-0.2, -0.15) is 0 Å². The van der Waals surface area contributed by atoms with Gasteiger partial charge < -0.3 is 0 Å². The van der Waals surface area contributed by atoms with E-state index in [-0.39, 0.29) is 31.7 Å². The number of carbonyl (C=O) groups excluding carboxylic acids is 1. The average Bonchev–Trinajstić information content (AvgIpc) is 2.87. The molecular formula is C13H11N3O2Se. The Balaban J connectivity index is 2.59. The van der Waals surface area contributed by atoms with E-state index in [1.54, 1.807) is 18.3 Å². The van der Waals surface area contributed by atoms with Gasteiger partial charge in [0, 0.05) is 0 Å². The fourth-order valence-electron chi connectivity index (χ4n) is 2.24. The van der Waals surface area contributed by atoms with Gasteiger partial charge in [-0.1, -0.05) is 0 Å². The number of hydrogen-bond acceptors (Lipinski definition) is 4. The topological polar surface area (TPSA) is 64.8 Å². The molecule has 0 aliphatic carbocycles. The van der Waals surface area contributed by atoms with Gasteiger partial charge >= 0.3 is 115 Å². The third-order valence-corrected chi connectivity index (χ3v) is 4.32. The van der Waals surface area contributed by atoms with E-state index in [1.807, 2.05) is 11.5 Å². The number of benzene rings is 1. The van der Waals surface area contributed by atoms with Crippen molar-refractivity contribution in [1.82, 2.24) is 12.5 Å². The number of hydrogen-bond donors (Lipinski definition) is 0. The zero-order chi connectivity index (χ0) is 13.6. The van der Waals surface area contributed by atoms with E-state index >= 15 is 0 Å². The summed E-state index contributed by atoms with van der Waals surface area (Å²) in [4.78, 5) is 23.9. The first-order chi connectivity index (χ1) is 9.13. The van der Waals surface area contributed by atoms with Crippen LogP contribution in [0.4, 0.5) is 0 Å². The van der Waals surface area contributed by atoms with E-state index in [2.05, 4.69) is 7.96 Å². The van der Waals surface area contributed by atoms with Crippen LogP contribution in [0.15, 0.2) is 23.1 Å². The minimum atomic E-state index is -0.218. The van der Waals surface area contributed by atoms with Crippen LogP contribution in [0.1, 0.15) is 24.2 Å². The summed E-state index contributed by atoms with van der Waals surface area (Å²) >= 11 is -0.134. The molecule has 2 heterocycles. The Kier molecular flexibility index (Phi) is 2.84. The Bertz CT molecular complexity index is 863. The van der Waals surface area contributed by atoms with Gasteiger partial charge in [-0.05, 0) is 0 Å². The number of ketones is 1. The van der Waals surface area contributed by atoms with Crippen molar-refractivity contribution in [2.24, 2.45) is 0 Å². The van der Waals surface area contributed by atoms with Gasteiger partial charge in [0.1, 0.15) is 0 Å². The Hall–Kier alpha value is -1.78. The van der Waals surface area contributed by atoms with E-state index in [9.17, 15) is 9.59 Å². The van der Waals surface area contributed by atoms with Crippen molar-refractivity contribution >= 4 is 42.7 Å². The minimum absolute atomic E-state index is 0.134. The summed E-state index contributed by atoms with van der Waals surface area (Å²) in [6, 6.07) is 3.55. The van der Waals surface area contributed by atoms with Gasteiger partial charge in [-0.15, -0.1) is 0 Å². The molecule has 1 aromatic carbocycles. The monoisotopic (exact) mass is 321 g/mol. The molecule has 6 heteroatoms. The van der Waals surface area contributed by atoms with Gasteiger partial charge in [0.25, 0.3) is 0 Å². The van der Waals surface area contributed by atoms with Crippen molar-refractivity contribution in [3.05, 3.63) is 34.1 Å². The van der Waals surface area contributed by atoms with Crippen LogP contribution >= 0.6 is 0 Å². The van der Waals surface area contributed by atoms with Crippen LogP contribution in [0.2, 0.25) is 0 Å². The number of Topliss-reactive ketones (excluding diaryl/α,β-unsaturated/α-hetero) is 1. The molecule has 0 radical (unpaired) electrons. The number of aromatic nitrogens is 3. The molecule has 0 amide bonds. The van der Waals surface area contributed by atoms with Crippen LogP contribution in [0, 0.1) is 0 Å². The predicted octanol–water partition coefficient (Wildman–Crippen LogP) is 1.22. The molecule has 0 bridgehead atoms. The van der Waals surface area contributed by atoms with Crippen molar-refractivity contribution in [2.75, 3.05) is 0 Å². The Labute approximate surface area is 115 Å². The van der Waals surface area contributed by atoms with Gasteiger partial charge in [0.2, 0.25) is 0 Å². The van der Waals surface area contributed by atoms with E-state index in [1.165, 1.54) is 6.92 Å². The molecule has 5 nitrogen and oxygen atoms in total. The van der Waals surface area contributed by atoms with Crippen LogP contribution in [-0.4, -0.2) is 33.3 Å². The molecular weight excluding hydrogens is 309 g/mol. The predicted molar refractivity (Wildman–Crippen MR) is 73.9 cm³/mol. The average molecular weight is 320 g/mol. The molecule has 0 atom stereocenters. The molecule has 19 heavy (non-hydrogen) atoms. The van der Waals surface area contributed by atoms with Crippen LogP contribution in [0.5, 0.6) is 0 Å². The zero-order valence-electron chi connectivity index (χ0n) is 10.5. The maximum atomic E-state index is 12.3. The molecule has 0 spiro atoms. The molecule has 0 N–H and O–H groups in total. The maximum absolute atomic E-state index is 12.3. The van der Waals surface area contributed by atoms with Gasteiger partial charge in [0.15, 0.2) is 0 Å². The van der Waals surface area contributed by atoms with Gasteiger partial charge in [-0.3, -0.25) is 0 Å². The van der Waals surface area contributed by atoms with Crippen LogP contribution in [-0.2, 0) is 6.54 Å². The molecule has 0 fully saturated rings. The third-order valence-electron chi connectivity index (χ3n) is 3.18. The molecule has 3 aromatic rings. The Morgan fingerprint density at radius 3 is 2.84 bits per heavy atom. The first kappa shape index (κ1) is 12.3. The van der Waals surface area contributed by atoms with Crippen LogP contribution < -0.4 is 5.43 Å². The standard InChI is InChI=1S/C13H11N3O2Se/c1-3-16-6-9(7(2)17)13(18)8-4-5-10-11(12(8)16)15-19-14-10/h4-6H,3H2,1-2H3. The number of aryl methyl sites for hydroxylation is 1. The number of nitrogens with zero attached hydrogens (tertiary/aromatic N) is 3. The third kappa shape index (κ3) is 1.76. The summed E-state index contributed by atoms with van der Waals surface area (Å²) < 4.78 is 10.6. The summed E-state index contributed by atoms with van der Waals surface area (Å²) in [5.41, 5.74) is 2.42. The second-order valence-corrected chi connectivity index (χ2v) is 5.42. The number of carbonyl (C=O) groups is 1. The molecule has 3 rings (SSSR count). The van der Waals surface area contributed by atoms with Crippen molar-refractivity contribution in [3.63, 3.8) is 0 Å². The Morgan fingerprint density at radius 1 is 1.37 bits per heavy atom.